The predicted octanol–water partition coefficient (Wildman–Crippen LogP) is 2.80. The van der Waals surface area contributed by atoms with E-state index in [1.807, 2.05) is 35.0 Å². The van der Waals surface area contributed by atoms with Crippen LogP contribution in [0.5, 0.6) is 0 Å². The molecule has 1 aliphatic rings. The summed E-state index contributed by atoms with van der Waals surface area (Å²) in [5.41, 5.74) is 4.14. The maximum Gasteiger partial charge on any atom is 0.247 e. The molecular formula is C16H14N4O2S2. The fourth-order valence-corrected chi connectivity index (χ4v) is 4.40. The van der Waals surface area contributed by atoms with Gasteiger partial charge in [-0.2, -0.15) is 20.9 Å². The lowest BCUT2D eigenvalue weighted by atomic mass is 10.00. The van der Waals surface area contributed by atoms with E-state index < -0.39 is 10.0 Å². The van der Waals surface area contributed by atoms with Crippen LogP contribution in [-0.2, 0) is 10.0 Å². The molecule has 8 heteroatoms. The number of hydrogen-bond donors (Lipinski definition) is 0. The number of nitrogens with zero attached hydrogens (tertiary/aromatic N) is 4. The highest BCUT2D eigenvalue weighted by atomic mass is 32.2. The Kier molecular flexibility index (Phi) is 3.58. The van der Waals surface area contributed by atoms with Gasteiger partial charge in [0.2, 0.25) is 10.0 Å². The van der Waals surface area contributed by atoms with Crippen molar-refractivity contribution in [2.75, 3.05) is 6.26 Å². The molecule has 1 unspecified atom stereocenters. The summed E-state index contributed by atoms with van der Waals surface area (Å²) in [6.07, 6.45) is 4.98. The minimum Gasteiger partial charge on any atom is -0.253 e. The average molecular weight is 358 g/mol. The number of hydrazone groups is 1. The van der Waals surface area contributed by atoms with Gasteiger partial charge in [0, 0.05) is 24.4 Å². The fraction of sp³-hybridized carbons (Fsp3) is 0.188. The van der Waals surface area contributed by atoms with Gasteiger partial charge in [0.05, 0.1) is 29.0 Å². The smallest absolute Gasteiger partial charge is 0.247 e. The molecule has 0 saturated heterocycles. The van der Waals surface area contributed by atoms with E-state index in [-0.39, 0.29) is 6.04 Å². The number of rotatable bonds is 3. The van der Waals surface area contributed by atoms with Crippen LogP contribution in [0.15, 0.2) is 52.5 Å². The van der Waals surface area contributed by atoms with Crippen LogP contribution in [-0.4, -0.2) is 34.8 Å². The van der Waals surface area contributed by atoms with Gasteiger partial charge in [0.25, 0.3) is 0 Å². The van der Waals surface area contributed by atoms with E-state index in [0.717, 1.165) is 27.9 Å². The van der Waals surface area contributed by atoms with Crippen LogP contribution < -0.4 is 0 Å². The molecule has 0 fully saturated rings. The summed E-state index contributed by atoms with van der Waals surface area (Å²) in [6, 6.07) is 7.24. The first-order valence-electron chi connectivity index (χ1n) is 7.32. The molecule has 0 saturated carbocycles. The van der Waals surface area contributed by atoms with Crippen molar-refractivity contribution in [2.45, 2.75) is 12.5 Å². The monoisotopic (exact) mass is 358 g/mol. The maximum atomic E-state index is 12.2. The Morgan fingerprint density at radius 2 is 1.96 bits per heavy atom. The van der Waals surface area contributed by atoms with Crippen LogP contribution in [0, 0.1) is 0 Å². The van der Waals surface area contributed by atoms with Crippen LogP contribution in [0.3, 0.4) is 0 Å². The third-order valence-electron chi connectivity index (χ3n) is 3.94. The van der Waals surface area contributed by atoms with Gasteiger partial charge < -0.3 is 0 Å². The lowest BCUT2D eigenvalue weighted by Crippen LogP contribution is -2.25. The van der Waals surface area contributed by atoms with Gasteiger partial charge in [0.15, 0.2) is 0 Å². The molecule has 3 heterocycles. The van der Waals surface area contributed by atoms with Gasteiger partial charge in [0.1, 0.15) is 0 Å². The van der Waals surface area contributed by atoms with Crippen molar-refractivity contribution < 1.29 is 8.42 Å². The summed E-state index contributed by atoms with van der Waals surface area (Å²) in [6.45, 7) is 0. The molecule has 0 N–H and O–H groups in total. The van der Waals surface area contributed by atoms with E-state index in [1.165, 1.54) is 10.7 Å². The summed E-state index contributed by atoms with van der Waals surface area (Å²) in [4.78, 5) is 8.55. The standard InChI is InChI=1S/C16H14N4O2S2/c1-24(21,22)20-16(9-14(19-20)12-4-7-23-10-12)11-2-3-13-15(8-11)18-6-5-17-13/h2-8,10,16H,9H2,1H3. The lowest BCUT2D eigenvalue weighted by molar-refractivity contribution is 0.375. The molecule has 0 spiro atoms. The average Bonchev–Trinajstić information content (AvgIpc) is 3.23. The topological polar surface area (TPSA) is 75.5 Å². The largest absolute Gasteiger partial charge is 0.253 e. The zero-order chi connectivity index (χ0) is 16.7. The summed E-state index contributed by atoms with van der Waals surface area (Å²) >= 11 is 1.57. The van der Waals surface area contributed by atoms with Crippen LogP contribution in [0.2, 0.25) is 0 Å². The van der Waals surface area contributed by atoms with Crippen molar-refractivity contribution in [3.8, 4) is 0 Å². The number of thiophene rings is 1. The Balaban J connectivity index is 1.78. The summed E-state index contributed by atoms with van der Waals surface area (Å²) in [7, 11) is -3.46. The molecule has 1 atom stereocenters. The molecule has 2 aromatic heterocycles. The first-order valence-corrected chi connectivity index (χ1v) is 10.1. The van der Waals surface area contributed by atoms with E-state index in [2.05, 4.69) is 15.1 Å². The molecule has 6 nitrogen and oxygen atoms in total. The molecule has 3 aromatic rings. The van der Waals surface area contributed by atoms with Crippen molar-refractivity contribution in [3.05, 3.63) is 58.5 Å². The quantitative estimate of drug-likeness (QED) is 0.721. The van der Waals surface area contributed by atoms with Gasteiger partial charge in [-0.15, -0.1) is 0 Å². The Bertz CT molecular complexity index is 1030. The fourth-order valence-electron chi connectivity index (χ4n) is 2.83. The molecule has 4 rings (SSSR count). The van der Waals surface area contributed by atoms with Crippen molar-refractivity contribution in [1.82, 2.24) is 14.4 Å². The van der Waals surface area contributed by atoms with E-state index in [4.69, 9.17) is 0 Å². The van der Waals surface area contributed by atoms with Crippen molar-refractivity contribution in [3.63, 3.8) is 0 Å². The Morgan fingerprint density at radius 1 is 1.17 bits per heavy atom. The number of aromatic nitrogens is 2. The van der Waals surface area contributed by atoms with Gasteiger partial charge in [-0.3, -0.25) is 9.97 Å². The first kappa shape index (κ1) is 15.2. The predicted molar refractivity (Wildman–Crippen MR) is 94.4 cm³/mol. The molecule has 0 bridgehead atoms. The minimum atomic E-state index is -3.46. The summed E-state index contributed by atoms with van der Waals surface area (Å²) in [5, 5.41) is 8.31. The zero-order valence-electron chi connectivity index (χ0n) is 12.8. The summed E-state index contributed by atoms with van der Waals surface area (Å²) in [5.74, 6) is 0. The highest BCUT2D eigenvalue weighted by molar-refractivity contribution is 7.88. The number of fused-ring (bicyclic) bond motifs is 1. The van der Waals surface area contributed by atoms with Crippen molar-refractivity contribution in [2.24, 2.45) is 5.10 Å². The molecule has 24 heavy (non-hydrogen) atoms. The normalized spacial score (nSPS) is 18.1. The number of sulfonamides is 1. The van der Waals surface area contributed by atoms with Gasteiger partial charge in [-0.1, -0.05) is 6.07 Å². The summed E-state index contributed by atoms with van der Waals surface area (Å²) < 4.78 is 25.6. The zero-order valence-corrected chi connectivity index (χ0v) is 14.5. The third kappa shape index (κ3) is 2.67. The van der Waals surface area contributed by atoms with Crippen LogP contribution >= 0.6 is 11.3 Å². The number of benzene rings is 1. The van der Waals surface area contributed by atoms with Crippen molar-refractivity contribution >= 4 is 38.1 Å². The van der Waals surface area contributed by atoms with E-state index >= 15 is 0 Å². The van der Waals surface area contributed by atoms with Crippen LogP contribution in [0.25, 0.3) is 11.0 Å². The van der Waals surface area contributed by atoms with Gasteiger partial charge in [-0.25, -0.2) is 8.42 Å². The Hall–Kier alpha value is -2.32. The highest BCUT2D eigenvalue weighted by Crippen LogP contribution is 2.35. The second kappa shape index (κ2) is 5.64. The second-order valence-corrected chi connectivity index (χ2v) is 8.24. The molecule has 0 aliphatic carbocycles. The SMILES string of the molecule is CS(=O)(=O)N1N=C(c2ccsc2)CC1c1ccc2nccnc2c1. The molecule has 0 radical (unpaired) electrons. The van der Waals surface area contributed by atoms with Crippen LogP contribution in [0.4, 0.5) is 0 Å². The van der Waals surface area contributed by atoms with E-state index in [0.29, 0.717) is 6.42 Å². The molecule has 122 valence electrons. The van der Waals surface area contributed by atoms with Gasteiger partial charge in [-0.05, 0) is 34.5 Å². The second-order valence-electron chi connectivity index (χ2n) is 5.62. The van der Waals surface area contributed by atoms with E-state index in [9.17, 15) is 8.42 Å². The van der Waals surface area contributed by atoms with Gasteiger partial charge >= 0.3 is 0 Å². The molecule has 0 amide bonds. The highest BCUT2D eigenvalue weighted by Gasteiger charge is 2.34. The first-order chi connectivity index (χ1) is 11.5. The third-order valence-corrected chi connectivity index (χ3v) is 5.64. The molecular weight excluding hydrogens is 344 g/mol. The van der Waals surface area contributed by atoms with Crippen LogP contribution in [0.1, 0.15) is 23.6 Å². The molecule has 1 aromatic carbocycles. The van der Waals surface area contributed by atoms with Crippen molar-refractivity contribution in [1.29, 1.82) is 0 Å². The Labute approximate surface area is 143 Å². The Morgan fingerprint density at radius 3 is 2.67 bits per heavy atom. The van der Waals surface area contributed by atoms with E-state index in [1.54, 1.807) is 23.7 Å². The lowest BCUT2D eigenvalue weighted by Gasteiger charge is -2.21. The minimum absolute atomic E-state index is 0.360. The maximum absolute atomic E-state index is 12.2. The molecule has 1 aliphatic heterocycles. The number of hydrogen-bond acceptors (Lipinski definition) is 6.